The quantitative estimate of drug-likeness (QED) is 0.421. The fourth-order valence-corrected chi connectivity index (χ4v) is 0.992. The van der Waals surface area contributed by atoms with Crippen molar-refractivity contribution in [3.8, 4) is 0 Å². The van der Waals surface area contributed by atoms with Crippen LogP contribution in [0, 0.1) is 0 Å². The minimum Gasteiger partial charge on any atom is -0.0991 e. The highest BCUT2D eigenvalue weighted by Gasteiger charge is 1.89. The Morgan fingerprint density at radius 2 is 1.92 bits per heavy atom. The Kier molecular flexibility index (Phi) is 6.45. The maximum absolute atomic E-state index is 3.68. The van der Waals surface area contributed by atoms with Crippen LogP contribution in [0.2, 0.25) is 0 Å². The monoisotopic (exact) mass is 164 g/mol. The fourth-order valence-electron chi connectivity index (χ4n) is 0.992. The Morgan fingerprint density at radius 1 is 1.25 bits per heavy atom. The van der Waals surface area contributed by atoms with Gasteiger partial charge in [-0.2, -0.15) is 0 Å². The molecule has 0 aromatic rings. The van der Waals surface area contributed by atoms with Crippen LogP contribution in [0.25, 0.3) is 0 Å². The van der Waals surface area contributed by atoms with Crippen molar-refractivity contribution < 1.29 is 0 Å². The summed E-state index contributed by atoms with van der Waals surface area (Å²) in [6, 6.07) is 0. The van der Waals surface area contributed by atoms with Gasteiger partial charge in [0.15, 0.2) is 0 Å². The zero-order valence-electron chi connectivity index (χ0n) is 8.56. The van der Waals surface area contributed by atoms with E-state index in [0.29, 0.717) is 0 Å². The van der Waals surface area contributed by atoms with Gasteiger partial charge in [-0.25, -0.2) is 0 Å². The maximum Gasteiger partial charge on any atom is -0.0345 e. The fraction of sp³-hybridized carbons (Fsp3) is 0.500. The Balaban J connectivity index is 3.98. The van der Waals surface area contributed by atoms with E-state index in [2.05, 4.69) is 39.5 Å². The number of unbranched alkanes of at least 4 members (excludes halogenated alkanes) is 2. The van der Waals surface area contributed by atoms with E-state index in [-0.39, 0.29) is 0 Å². The standard InChI is InChI=1S/C12H20/c1-5-7-8-10-12(4)11(3)9-6-2/h6,9-10H,2,5,7-8H2,1,3-4H3/b11-9-,12-10-. The molecule has 0 aromatic heterocycles. The molecule has 0 unspecified atom stereocenters. The van der Waals surface area contributed by atoms with Gasteiger partial charge in [0.2, 0.25) is 0 Å². The van der Waals surface area contributed by atoms with Gasteiger partial charge in [0.05, 0.1) is 0 Å². The highest BCUT2D eigenvalue weighted by Crippen LogP contribution is 2.10. The molecule has 0 fully saturated rings. The molecule has 0 bridgehead atoms. The number of allylic oxidation sites excluding steroid dienone is 5. The van der Waals surface area contributed by atoms with Crippen molar-refractivity contribution in [2.45, 2.75) is 40.0 Å². The van der Waals surface area contributed by atoms with Crippen molar-refractivity contribution in [3.63, 3.8) is 0 Å². The molecule has 0 heterocycles. The molecule has 0 heteroatoms. The molecule has 0 aliphatic rings. The summed E-state index contributed by atoms with van der Waals surface area (Å²) in [5, 5.41) is 0. The van der Waals surface area contributed by atoms with Crippen molar-refractivity contribution in [2.24, 2.45) is 0 Å². The molecule has 0 aliphatic heterocycles. The Labute approximate surface area is 76.7 Å². The van der Waals surface area contributed by atoms with Crippen molar-refractivity contribution in [1.82, 2.24) is 0 Å². The minimum atomic E-state index is 1.20. The average molecular weight is 164 g/mol. The van der Waals surface area contributed by atoms with E-state index in [1.54, 1.807) is 0 Å². The predicted molar refractivity (Wildman–Crippen MR) is 57.2 cm³/mol. The normalized spacial score (nSPS) is 13.2. The largest absolute Gasteiger partial charge is 0.0991 e. The topological polar surface area (TPSA) is 0 Å². The molecule has 0 saturated carbocycles. The summed E-state index contributed by atoms with van der Waals surface area (Å²) in [6.45, 7) is 10.2. The Bertz CT molecular complexity index is 182. The Morgan fingerprint density at radius 3 is 2.42 bits per heavy atom. The number of hydrogen-bond donors (Lipinski definition) is 0. The number of rotatable bonds is 5. The summed E-state index contributed by atoms with van der Waals surface area (Å²) in [4.78, 5) is 0. The molecule has 0 radical (unpaired) electrons. The van der Waals surface area contributed by atoms with Gasteiger partial charge in [0.1, 0.15) is 0 Å². The van der Waals surface area contributed by atoms with Gasteiger partial charge in [0, 0.05) is 0 Å². The zero-order valence-corrected chi connectivity index (χ0v) is 8.56. The lowest BCUT2D eigenvalue weighted by atomic mass is 10.1. The van der Waals surface area contributed by atoms with Crippen LogP contribution in [0.5, 0.6) is 0 Å². The van der Waals surface area contributed by atoms with Crippen LogP contribution < -0.4 is 0 Å². The predicted octanol–water partition coefficient (Wildman–Crippen LogP) is 4.26. The molecule has 0 spiro atoms. The molecule has 0 rings (SSSR count). The molecule has 0 aliphatic carbocycles. The lowest BCUT2D eigenvalue weighted by Crippen LogP contribution is -1.79. The first-order valence-corrected chi connectivity index (χ1v) is 4.68. The summed E-state index contributed by atoms with van der Waals surface area (Å²) in [7, 11) is 0. The van der Waals surface area contributed by atoms with Gasteiger partial charge in [-0.05, 0) is 25.8 Å². The second-order valence-electron chi connectivity index (χ2n) is 3.11. The summed E-state index contributed by atoms with van der Waals surface area (Å²) in [5.74, 6) is 0. The maximum atomic E-state index is 3.68. The zero-order chi connectivity index (χ0) is 9.40. The third kappa shape index (κ3) is 4.95. The van der Waals surface area contributed by atoms with E-state index in [9.17, 15) is 0 Å². The molecule has 68 valence electrons. The first-order valence-electron chi connectivity index (χ1n) is 4.68. The highest BCUT2D eigenvalue weighted by atomic mass is 14.0. The molecule has 12 heavy (non-hydrogen) atoms. The van der Waals surface area contributed by atoms with Crippen molar-refractivity contribution >= 4 is 0 Å². The second kappa shape index (κ2) is 6.90. The summed E-state index contributed by atoms with van der Waals surface area (Å²) in [5.41, 5.74) is 2.70. The van der Waals surface area contributed by atoms with E-state index in [1.807, 2.05) is 6.08 Å². The van der Waals surface area contributed by atoms with E-state index < -0.39 is 0 Å². The lowest BCUT2D eigenvalue weighted by Gasteiger charge is -1.99. The van der Waals surface area contributed by atoms with Crippen LogP contribution in [0.1, 0.15) is 40.0 Å². The molecular formula is C12H20. The van der Waals surface area contributed by atoms with Gasteiger partial charge in [0.25, 0.3) is 0 Å². The van der Waals surface area contributed by atoms with Gasteiger partial charge >= 0.3 is 0 Å². The summed E-state index contributed by atoms with van der Waals surface area (Å²) >= 11 is 0. The van der Waals surface area contributed by atoms with Crippen LogP contribution in [-0.2, 0) is 0 Å². The van der Waals surface area contributed by atoms with Crippen molar-refractivity contribution in [1.29, 1.82) is 0 Å². The van der Waals surface area contributed by atoms with Crippen LogP contribution in [-0.4, -0.2) is 0 Å². The lowest BCUT2D eigenvalue weighted by molar-refractivity contribution is 0.811. The van der Waals surface area contributed by atoms with Crippen LogP contribution in [0.15, 0.2) is 36.0 Å². The molecule has 0 amide bonds. The third-order valence-electron chi connectivity index (χ3n) is 2.00. The van der Waals surface area contributed by atoms with Gasteiger partial charge < -0.3 is 0 Å². The second-order valence-corrected chi connectivity index (χ2v) is 3.11. The average Bonchev–Trinajstić information content (AvgIpc) is 2.05. The first-order chi connectivity index (χ1) is 5.72. The smallest absolute Gasteiger partial charge is 0.0345 e. The van der Waals surface area contributed by atoms with E-state index in [0.717, 1.165) is 0 Å². The van der Waals surface area contributed by atoms with Crippen LogP contribution >= 0.6 is 0 Å². The minimum absolute atomic E-state index is 1.20. The molecule has 0 saturated heterocycles. The van der Waals surface area contributed by atoms with Crippen molar-refractivity contribution in [2.75, 3.05) is 0 Å². The van der Waals surface area contributed by atoms with Gasteiger partial charge in [-0.1, -0.05) is 50.1 Å². The third-order valence-corrected chi connectivity index (χ3v) is 2.00. The molecular weight excluding hydrogens is 144 g/mol. The number of hydrogen-bond acceptors (Lipinski definition) is 0. The van der Waals surface area contributed by atoms with Gasteiger partial charge in [-0.3, -0.25) is 0 Å². The van der Waals surface area contributed by atoms with Gasteiger partial charge in [-0.15, -0.1) is 0 Å². The highest BCUT2D eigenvalue weighted by molar-refractivity contribution is 5.29. The SMILES string of the molecule is C=C/C=C(C)\C(C)=C/CCCC. The molecule has 0 nitrogen and oxygen atoms in total. The van der Waals surface area contributed by atoms with Crippen LogP contribution in [0.4, 0.5) is 0 Å². The van der Waals surface area contributed by atoms with E-state index >= 15 is 0 Å². The Hall–Kier alpha value is -0.780. The van der Waals surface area contributed by atoms with E-state index in [4.69, 9.17) is 0 Å². The van der Waals surface area contributed by atoms with Crippen molar-refractivity contribution in [3.05, 3.63) is 36.0 Å². The summed E-state index contributed by atoms with van der Waals surface area (Å²) in [6.07, 6.45) is 9.96. The first kappa shape index (κ1) is 11.2. The molecule has 0 N–H and O–H groups in total. The van der Waals surface area contributed by atoms with Crippen LogP contribution in [0.3, 0.4) is 0 Å². The summed E-state index contributed by atoms with van der Waals surface area (Å²) < 4.78 is 0. The van der Waals surface area contributed by atoms with E-state index in [1.165, 1.54) is 30.4 Å². The molecule has 0 atom stereocenters. The molecule has 0 aromatic carbocycles.